The summed E-state index contributed by atoms with van der Waals surface area (Å²) in [4.78, 5) is 141. The predicted molar refractivity (Wildman–Crippen MR) is 322 cm³/mol. The van der Waals surface area contributed by atoms with Gasteiger partial charge in [-0.3, -0.25) is 47.9 Å². The van der Waals surface area contributed by atoms with Crippen LogP contribution in [0.2, 0.25) is 0 Å². The zero-order valence-corrected chi connectivity index (χ0v) is 53.8. The maximum atomic E-state index is 14.3. The molecule has 22 nitrogen and oxygen atoms in total. The molecular formula is C61H112N10O12. The number of nitrogens with one attached hydrogen (secondary N) is 8. The van der Waals surface area contributed by atoms with Crippen LogP contribution >= 0.6 is 0 Å². The summed E-state index contributed by atoms with van der Waals surface area (Å²) in [5.41, 5.74) is -2.97. The fourth-order valence-electron chi connectivity index (χ4n) is 10.1. The Kier molecular flexibility index (Phi) is 34.0. The van der Waals surface area contributed by atoms with Crippen molar-refractivity contribution in [1.82, 2.24) is 52.3 Å². The van der Waals surface area contributed by atoms with E-state index in [1.807, 2.05) is 25.7 Å². The normalized spacial score (nSPS) is 17.7. The molecule has 0 saturated carbocycles. The molecule has 0 unspecified atom stereocenters. The summed E-state index contributed by atoms with van der Waals surface area (Å²) in [5.74, 6) is -7.50. The van der Waals surface area contributed by atoms with E-state index in [2.05, 4.69) is 49.5 Å². The summed E-state index contributed by atoms with van der Waals surface area (Å²) in [6.45, 7) is 28.6. The number of ketones is 1. The first-order valence-corrected chi connectivity index (χ1v) is 31.0. The van der Waals surface area contributed by atoms with Crippen molar-refractivity contribution >= 4 is 58.9 Å². The van der Waals surface area contributed by atoms with Gasteiger partial charge in [0.2, 0.25) is 53.2 Å². The number of hydrogen-bond acceptors (Lipinski definition) is 13. The highest BCUT2D eigenvalue weighted by Gasteiger charge is 2.42. The molecule has 1 aliphatic heterocycles. The van der Waals surface area contributed by atoms with Gasteiger partial charge in [-0.05, 0) is 104 Å². The fraction of sp³-hybridized carbons (Fsp3) is 0.836. The topological polar surface area (TPSA) is 314 Å². The second kappa shape index (κ2) is 37.3. The molecule has 1 aliphatic rings. The molecule has 9 amide bonds. The minimum Gasteiger partial charge on any atom is -0.395 e. The van der Waals surface area contributed by atoms with Gasteiger partial charge in [0.05, 0.1) is 12.7 Å². The van der Waals surface area contributed by atoms with E-state index in [1.165, 1.54) is 41.0 Å². The highest BCUT2D eigenvalue weighted by Crippen LogP contribution is 2.24. The van der Waals surface area contributed by atoms with Gasteiger partial charge in [0.1, 0.15) is 53.1 Å². The Morgan fingerprint density at radius 1 is 0.627 bits per heavy atom. The number of carbonyl (C=O) groups excluding carboxylic acids is 10. The van der Waals surface area contributed by atoms with E-state index < -0.39 is 118 Å². The van der Waals surface area contributed by atoms with Gasteiger partial charge < -0.3 is 62.5 Å². The largest absolute Gasteiger partial charge is 0.395 e. The van der Waals surface area contributed by atoms with Crippen LogP contribution < -0.4 is 42.5 Å². The van der Waals surface area contributed by atoms with Crippen molar-refractivity contribution in [3.8, 4) is 0 Å². The Balaban J connectivity index is 3.31. The van der Waals surface area contributed by atoms with Crippen molar-refractivity contribution < 1.29 is 58.2 Å². The molecule has 83 heavy (non-hydrogen) atoms. The average molecular weight is 1180 g/mol. The van der Waals surface area contributed by atoms with Crippen LogP contribution in [0.5, 0.6) is 0 Å². The summed E-state index contributed by atoms with van der Waals surface area (Å²) in [6.07, 6.45) is 8.52. The molecule has 1 heterocycles. The van der Waals surface area contributed by atoms with Gasteiger partial charge in [-0.1, -0.05) is 121 Å². The van der Waals surface area contributed by atoms with Crippen molar-refractivity contribution in [2.24, 2.45) is 29.6 Å². The van der Waals surface area contributed by atoms with Gasteiger partial charge in [-0.15, -0.1) is 0 Å². The lowest BCUT2D eigenvalue weighted by Crippen LogP contribution is -2.66. The summed E-state index contributed by atoms with van der Waals surface area (Å²) in [7, 11) is 1.81. The van der Waals surface area contributed by atoms with Crippen LogP contribution in [0.4, 0.5) is 0 Å². The first-order valence-electron chi connectivity index (χ1n) is 31.0. The summed E-state index contributed by atoms with van der Waals surface area (Å²) < 4.78 is 0. The van der Waals surface area contributed by atoms with E-state index >= 15 is 0 Å². The Hall–Kier alpha value is -5.22. The van der Waals surface area contributed by atoms with Crippen molar-refractivity contribution in [2.75, 3.05) is 33.3 Å². The maximum Gasteiger partial charge on any atom is 0.246 e. The van der Waals surface area contributed by atoms with E-state index in [0.29, 0.717) is 51.7 Å². The first kappa shape index (κ1) is 75.8. The molecule has 0 aromatic heterocycles. The fourth-order valence-corrected chi connectivity index (χ4v) is 10.1. The SMILES string of the molecule is CCCCCCCC[C@@H](C)C(=O)N1CCC[C@@H]1C(=O)N[C@@H](C[C@H](C)C[C@H](O)CC(=O)CC)C(=O)N[C@H](C)C(=O)N[C@H](C(=O)N[C@@H](C(=O)N[C@H](C(=O)NC(C)(C)C(=O)NC(C)(C)C(=O)N[C@H](C)CN(C)CCO)[C@@H](C)CC)[C@H](C)CC)C(C)C. The first-order chi connectivity index (χ1) is 38.7. The van der Waals surface area contributed by atoms with Gasteiger partial charge in [0.15, 0.2) is 0 Å². The monoisotopic (exact) mass is 1180 g/mol. The van der Waals surface area contributed by atoms with Crippen LogP contribution in [0.1, 0.15) is 207 Å². The summed E-state index contributed by atoms with van der Waals surface area (Å²) in [5, 5.41) is 42.2. The zero-order chi connectivity index (χ0) is 63.5. The minimum atomic E-state index is -1.57. The van der Waals surface area contributed by atoms with Crippen LogP contribution in [0.15, 0.2) is 0 Å². The molecule has 1 fully saturated rings. The van der Waals surface area contributed by atoms with Gasteiger partial charge in [0.25, 0.3) is 0 Å². The number of Topliss-reactive ketones (excluding diaryl/α,β-unsaturated/α-hetero) is 1. The number of rotatable bonds is 40. The number of amides is 9. The Morgan fingerprint density at radius 2 is 1.17 bits per heavy atom. The maximum absolute atomic E-state index is 14.3. The van der Waals surface area contributed by atoms with Gasteiger partial charge in [-0.2, -0.15) is 0 Å². The molecule has 22 heteroatoms. The van der Waals surface area contributed by atoms with Crippen LogP contribution in [0.25, 0.3) is 0 Å². The highest BCUT2D eigenvalue weighted by molar-refractivity contribution is 5.99. The third-order valence-electron chi connectivity index (χ3n) is 16.1. The molecule has 0 aromatic rings. The number of likely N-dealkylation sites (N-methyl/N-ethyl adjacent to an activating group) is 1. The molecule has 0 bridgehead atoms. The Morgan fingerprint density at radius 3 is 1.72 bits per heavy atom. The third-order valence-corrected chi connectivity index (χ3v) is 16.1. The zero-order valence-electron chi connectivity index (χ0n) is 53.8. The number of aliphatic hydroxyl groups excluding tert-OH is 2. The lowest BCUT2D eigenvalue weighted by molar-refractivity contribution is -0.142. The standard InChI is InChI=1S/C61H112N10O12/c1-18-22-23-24-25-26-28-41(10)57(81)71-30-27-29-47(71)53(77)64-46(34-38(7)33-45(74)35-44(73)21-4)52(76)63-43(12)51(75)65-48(37(5)6)54(78)66-49(39(8)19-2)55(79)67-50(40(9)20-3)56(80)68-61(15,16)59(83)69-60(13,14)58(82)62-42(11)36-70(17)31-32-72/h37-43,45-50,72,74H,18-36H2,1-17H3,(H,62,82)(H,63,76)(H,64,77)(H,65,75)(H,66,78)(H,67,79)(H,68,80)(H,69,83)/t38-,39-,40+,41-,42-,43-,45+,46+,47-,48+,49-,50+/m1/s1. The molecule has 0 spiro atoms. The van der Waals surface area contributed by atoms with Gasteiger partial charge in [-0.25, -0.2) is 0 Å². The van der Waals surface area contributed by atoms with Crippen molar-refractivity contribution in [2.45, 2.75) is 267 Å². The second-order valence-corrected chi connectivity index (χ2v) is 25.3. The van der Waals surface area contributed by atoms with Gasteiger partial charge in [0, 0.05) is 44.4 Å². The average Bonchev–Trinajstić information content (AvgIpc) is 4.06. The quantitative estimate of drug-likeness (QED) is 0.0390. The number of hydrogen-bond donors (Lipinski definition) is 10. The van der Waals surface area contributed by atoms with E-state index in [-0.39, 0.29) is 61.9 Å². The molecule has 12 atom stereocenters. The molecule has 0 aromatic carbocycles. The van der Waals surface area contributed by atoms with E-state index in [1.54, 1.807) is 60.4 Å². The smallest absolute Gasteiger partial charge is 0.246 e. The lowest BCUT2D eigenvalue weighted by Gasteiger charge is -2.35. The van der Waals surface area contributed by atoms with Crippen molar-refractivity contribution in [1.29, 1.82) is 0 Å². The third kappa shape index (κ3) is 26.3. The van der Waals surface area contributed by atoms with E-state index in [4.69, 9.17) is 0 Å². The molecular weight excluding hydrogens is 1060 g/mol. The number of nitrogens with zero attached hydrogens (tertiary/aromatic N) is 2. The Bertz CT molecular complexity index is 2110. The van der Waals surface area contributed by atoms with Crippen molar-refractivity contribution in [3.05, 3.63) is 0 Å². The molecule has 478 valence electrons. The van der Waals surface area contributed by atoms with Crippen molar-refractivity contribution in [3.63, 3.8) is 0 Å². The summed E-state index contributed by atoms with van der Waals surface area (Å²) in [6, 6.07) is -7.15. The minimum absolute atomic E-state index is 0.0334. The number of likely N-dealkylation sites (tertiary alicyclic amines) is 1. The number of carbonyl (C=O) groups is 10. The molecule has 1 rings (SSSR count). The van der Waals surface area contributed by atoms with E-state index in [0.717, 1.165) is 32.1 Å². The molecule has 1 saturated heterocycles. The molecule has 10 N–H and O–H groups in total. The predicted octanol–water partition coefficient (Wildman–Crippen LogP) is 3.92. The van der Waals surface area contributed by atoms with Gasteiger partial charge >= 0.3 is 0 Å². The van der Waals surface area contributed by atoms with Crippen LogP contribution in [0, 0.1) is 29.6 Å². The van der Waals surface area contributed by atoms with Crippen LogP contribution in [-0.4, -0.2) is 172 Å². The highest BCUT2D eigenvalue weighted by atomic mass is 16.3. The van der Waals surface area contributed by atoms with E-state index in [9.17, 15) is 58.2 Å². The Labute approximate surface area is 497 Å². The number of unbranched alkanes of at least 4 members (excludes halogenated alkanes) is 5. The number of aliphatic hydroxyl groups is 2. The molecule has 0 radical (unpaired) electrons. The second-order valence-electron chi connectivity index (χ2n) is 25.3. The summed E-state index contributed by atoms with van der Waals surface area (Å²) >= 11 is 0. The molecule has 0 aliphatic carbocycles. The van der Waals surface area contributed by atoms with Crippen LogP contribution in [-0.2, 0) is 47.9 Å². The lowest BCUT2D eigenvalue weighted by atomic mass is 9.92. The van der Waals surface area contributed by atoms with Crippen LogP contribution in [0.3, 0.4) is 0 Å².